The van der Waals surface area contributed by atoms with E-state index in [0.29, 0.717) is 35.5 Å². The molecule has 0 unspecified atom stereocenters. The molecule has 156 valence electrons. The molecular formula is C24H24F2N2O2. The number of hydrogen-bond acceptors (Lipinski definition) is 3. The number of allylic oxidation sites excluding steroid dienone is 1. The first kappa shape index (κ1) is 20.3. The smallest absolute Gasteiger partial charge is 0.230 e. The van der Waals surface area contributed by atoms with Crippen molar-refractivity contribution in [2.45, 2.75) is 39.7 Å². The second-order valence-electron chi connectivity index (χ2n) is 8.44. The number of carbonyl (C=O) groups is 2. The van der Waals surface area contributed by atoms with Crippen LogP contribution in [-0.2, 0) is 9.59 Å². The molecule has 1 heterocycles. The zero-order valence-electron chi connectivity index (χ0n) is 17.2. The van der Waals surface area contributed by atoms with Crippen LogP contribution >= 0.6 is 0 Å². The molecular weight excluding hydrogens is 386 g/mol. The normalized spacial score (nSPS) is 21.1. The van der Waals surface area contributed by atoms with Gasteiger partial charge in [0, 0.05) is 29.7 Å². The maximum Gasteiger partial charge on any atom is 0.230 e. The molecule has 30 heavy (non-hydrogen) atoms. The number of nitrogens with zero attached hydrogens (tertiary/aromatic N) is 1. The first-order valence-corrected chi connectivity index (χ1v) is 10.2. The number of benzene rings is 2. The SMILES string of the molecule is CC(C)C(=O)N1c2ccccc2NC2=C(C(=O)C[C@@H](C)C2)[C@H]1c1cc(F)cc(F)c1. The molecule has 2 aliphatic rings. The molecule has 0 aromatic heterocycles. The number of para-hydroxylation sites is 2. The Balaban J connectivity index is 2.04. The van der Waals surface area contributed by atoms with Gasteiger partial charge in [-0.25, -0.2) is 8.78 Å². The zero-order valence-corrected chi connectivity index (χ0v) is 17.2. The van der Waals surface area contributed by atoms with Crippen LogP contribution in [0.15, 0.2) is 53.7 Å². The molecule has 1 aliphatic carbocycles. The highest BCUT2D eigenvalue weighted by molar-refractivity contribution is 6.06. The van der Waals surface area contributed by atoms with Gasteiger partial charge in [-0.3, -0.25) is 14.5 Å². The van der Waals surface area contributed by atoms with Crippen LogP contribution in [0.3, 0.4) is 0 Å². The Morgan fingerprint density at radius 1 is 1.10 bits per heavy atom. The van der Waals surface area contributed by atoms with Crippen LogP contribution in [0.25, 0.3) is 0 Å². The standard InChI is InChI=1S/C24H24F2N2O2/c1-13(2)24(30)28-20-7-5-4-6-18(20)27-19-8-14(3)9-21(29)22(19)23(28)15-10-16(25)12-17(26)11-15/h4-7,10-14,23,27H,8-9H2,1-3H3/t14-,23+/m0/s1. The highest BCUT2D eigenvalue weighted by atomic mass is 19.1. The Morgan fingerprint density at radius 2 is 1.77 bits per heavy atom. The van der Waals surface area contributed by atoms with E-state index in [1.54, 1.807) is 26.0 Å². The Morgan fingerprint density at radius 3 is 2.43 bits per heavy atom. The third kappa shape index (κ3) is 3.51. The van der Waals surface area contributed by atoms with Crippen molar-refractivity contribution in [3.8, 4) is 0 Å². The summed E-state index contributed by atoms with van der Waals surface area (Å²) in [6, 6.07) is 9.59. The van der Waals surface area contributed by atoms with Crippen LogP contribution in [0.2, 0.25) is 0 Å². The van der Waals surface area contributed by atoms with Crippen LogP contribution in [0.4, 0.5) is 20.2 Å². The Kier molecular flexibility index (Phi) is 5.18. The molecule has 0 saturated heterocycles. The molecule has 6 heteroatoms. The van der Waals surface area contributed by atoms with Gasteiger partial charge >= 0.3 is 0 Å². The van der Waals surface area contributed by atoms with Gasteiger partial charge in [0.15, 0.2) is 5.78 Å². The first-order valence-electron chi connectivity index (χ1n) is 10.2. The third-order valence-electron chi connectivity index (χ3n) is 5.62. The first-order chi connectivity index (χ1) is 14.3. The summed E-state index contributed by atoms with van der Waals surface area (Å²) in [6.07, 6.45) is 0.947. The van der Waals surface area contributed by atoms with Crippen LogP contribution in [0.5, 0.6) is 0 Å². The second kappa shape index (κ2) is 7.67. The van der Waals surface area contributed by atoms with Crippen molar-refractivity contribution in [3.63, 3.8) is 0 Å². The van der Waals surface area contributed by atoms with Crippen molar-refractivity contribution in [1.82, 2.24) is 0 Å². The minimum atomic E-state index is -0.906. The van der Waals surface area contributed by atoms with Gasteiger partial charge in [0.25, 0.3) is 0 Å². The van der Waals surface area contributed by atoms with E-state index in [1.807, 2.05) is 19.1 Å². The summed E-state index contributed by atoms with van der Waals surface area (Å²) in [6.45, 7) is 5.53. The van der Waals surface area contributed by atoms with Crippen LogP contribution in [-0.4, -0.2) is 11.7 Å². The van der Waals surface area contributed by atoms with Gasteiger partial charge < -0.3 is 5.32 Å². The number of rotatable bonds is 2. The lowest BCUT2D eigenvalue weighted by atomic mass is 9.81. The summed E-state index contributed by atoms with van der Waals surface area (Å²) >= 11 is 0. The van der Waals surface area contributed by atoms with E-state index in [1.165, 1.54) is 17.0 Å². The van der Waals surface area contributed by atoms with Gasteiger partial charge in [-0.15, -0.1) is 0 Å². The number of ketones is 1. The van der Waals surface area contributed by atoms with E-state index in [-0.39, 0.29) is 29.1 Å². The van der Waals surface area contributed by atoms with Crippen LogP contribution in [0, 0.1) is 23.5 Å². The Hall–Kier alpha value is -3.02. The predicted molar refractivity (Wildman–Crippen MR) is 112 cm³/mol. The quantitative estimate of drug-likeness (QED) is 0.724. The zero-order chi connectivity index (χ0) is 21.6. The fourth-order valence-corrected chi connectivity index (χ4v) is 4.35. The summed E-state index contributed by atoms with van der Waals surface area (Å²) in [4.78, 5) is 28.1. The highest BCUT2D eigenvalue weighted by Crippen LogP contribution is 2.46. The van der Waals surface area contributed by atoms with Crippen molar-refractivity contribution >= 4 is 23.1 Å². The number of nitrogens with one attached hydrogen (secondary N) is 1. The van der Waals surface area contributed by atoms with Gasteiger partial charge in [-0.2, -0.15) is 0 Å². The number of Topliss-reactive ketones (excluding diaryl/α,β-unsaturated/α-hetero) is 1. The lowest BCUT2D eigenvalue weighted by Crippen LogP contribution is -2.40. The van der Waals surface area contributed by atoms with E-state index in [0.717, 1.165) is 6.07 Å². The van der Waals surface area contributed by atoms with Crippen molar-refractivity contribution in [1.29, 1.82) is 0 Å². The number of halogens is 2. The summed E-state index contributed by atoms with van der Waals surface area (Å²) in [5.41, 5.74) is 2.64. The number of amides is 1. The molecule has 0 radical (unpaired) electrons. The summed E-state index contributed by atoms with van der Waals surface area (Å²) < 4.78 is 28.4. The summed E-state index contributed by atoms with van der Waals surface area (Å²) in [5, 5.41) is 3.35. The Labute approximate surface area is 174 Å². The molecule has 1 aliphatic heterocycles. The molecule has 4 rings (SSSR count). The molecule has 2 atom stereocenters. The highest BCUT2D eigenvalue weighted by Gasteiger charge is 2.41. The van der Waals surface area contributed by atoms with Crippen molar-refractivity contribution < 1.29 is 18.4 Å². The fourth-order valence-electron chi connectivity index (χ4n) is 4.35. The van der Waals surface area contributed by atoms with Crippen LogP contribution in [0.1, 0.15) is 45.2 Å². The van der Waals surface area contributed by atoms with E-state index < -0.39 is 17.7 Å². The maximum absolute atomic E-state index is 14.2. The minimum Gasteiger partial charge on any atom is -0.357 e. The Bertz CT molecular complexity index is 1040. The lowest BCUT2D eigenvalue weighted by Gasteiger charge is -2.35. The third-order valence-corrected chi connectivity index (χ3v) is 5.62. The maximum atomic E-state index is 14.2. The molecule has 0 saturated carbocycles. The van der Waals surface area contributed by atoms with E-state index in [2.05, 4.69) is 5.32 Å². The molecule has 1 amide bonds. The van der Waals surface area contributed by atoms with Crippen LogP contribution < -0.4 is 10.2 Å². The van der Waals surface area contributed by atoms with E-state index in [4.69, 9.17) is 0 Å². The molecule has 0 spiro atoms. The predicted octanol–water partition coefficient (Wildman–Crippen LogP) is 5.37. The van der Waals surface area contributed by atoms with Gasteiger partial charge in [-0.1, -0.05) is 32.9 Å². The number of carbonyl (C=O) groups excluding carboxylic acids is 2. The second-order valence-corrected chi connectivity index (χ2v) is 8.44. The average Bonchev–Trinajstić information content (AvgIpc) is 2.80. The monoisotopic (exact) mass is 410 g/mol. The summed E-state index contributed by atoms with van der Waals surface area (Å²) in [7, 11) is 0. The number of fused-ring (bicyclic) bond motifs is 1. The van der Waals surface area contributed by atoms with Gasteiger partial charge in [0.05, 0.1) is 17.4 Å². The minimum absolute atomic E-state index is 0.111. The number of anilines is 2. The molecule has 0 fully saturated rings. The number of hydrogen-bond donors (Lipinski definition) is 1. The molecule has 0 bridgehead atoms. The topological polar surface area (TPSA) is 49.4 Å². The fraction of sp³-hybridized carbons (Fsp3) is 0.333. The van der Waals surface area contributed by atoms with Gasteiger partial charge in [-0.05, 0) is 42.2 Å². The van der Waals surface area contributed by atoms with E-state index >= 15 is 0 Å². The average molecular weight is 410 g/mol. The van der Waals surface area contributed by atoms with Gasteiger partial charge in [0.2, 0.25) is 5.91 Å². The lowest BCUT2D eigenvalue weighted by molar-refractivity contribution is -0.121. The largest absolute Gasteiger partial charge is 0.357 e. The molecule has 2 aromatic carbocycles. The molecule has 1 N–H and O–H groups in total. The van der Waals surface area contributed by atoms with Crippen molar-refractivity contribution in [2.75, 3.05) is 10.2 Å². The molecule has 4 nitrogen and oxygen atoms in total. The van der Waals surface area contributed by atoms with E-state index in [9.17, 15) is 18.4 Å². The van der Waals surface area contributed by atoms with Gasteiger partial charge in [0.1, 0.15) is 11.6 Å². The summed E-state index contributed by atoms with van der Waals surface area (Å²) in [5.74, 6) is -2.07. The molecule has 2 aromatic rings. The van der Waals surface area contributed by atoms with Crippen molar-refractivity contribution in [3.05, 3.63) is 70.9 Å². The van der Waals surface area contributed by atoms with Crippen molar-refractivity contribution in [2.24, 2.45) is 11.8 Å².